The molecule has 1 fully saturated rings. The second-order valence-corrected chi connectivity index (χ2v) is 4.68. The van der Waals surface area contributed by atoms with Crippen molar-refractivity contribution < 1.29 is 19.8 Å². The third-order valence-electron chi connectivity index (χ3n) is 3.15. The van der Waals surface area contributed by atoms with Gasteiger partial charge in [0.1, 0.15) is 5.75 Å². The van der Waals surface area contributed by atoms with E-state index >= 15 is 0 Å². The summed E-state index contributed by atoms with van der Waals surface area (Å²) < 4.78 is 0. The molecule has 1 heterocycles. The lowest BCUT2D eigenvalue weighted by Crippen LogP contribution is -2.50. The number of amides is 1. The number of hydrogen-bond donors (Lipinski definition) is 2. The molecule has 0 aliphatic carbocycles. The molecule has 0 bridgehead atoms. The molecule has 0 aromatic heterocycles. The topological polar surface area (TPSA) is 77.8 Å². The molecule has 1 aliphatic heterocycles. The number of likely N-dealkylation sites (tertiary alicyclic amines) is 1. The third kappa shape index (κ3) is 2.45. The summed E-state index contributed by atoms with van der Waals surface area (Å²) in [6.07, 6.45) is 0.110. The summed E-state index contributed by atoms with van der Waals surface area (Å²) in [5.41, 5.74) is 1.18. The van der Waals surface area contributed by atoms with Gasteiger partial charge in [0.2, 0.25) is 0 Å². The molecule has 1 aliphatic rings. The van der Waals surface area contributed by atoms with Crippen LogP contribution in [0.1, 0.15) is 22.3 Å². The highest BCUT2D eigenvalue weighted by Crippen LogP contribution is 2.23. The zero-order valence-corrected chi connectivity index (χ0v) is 10.1. The average molecular weight is 249 g/mol. The maximum Gasteiger partial charge on any atom is 0.303 e. The Balaban J connectivity index is 1.97. The number of phenols is 1. The maximum absolute atomic E-state index is 12.0. The summed E-state index contributed by atoms with van der Waals surface area (Å²) in [5, 5.41) is 18.0. The first-order valence-electron chi connectivity index (χ1n) is 5.78. The number of phenolic OH excluding ortho intramolecular Hbond substituents is 1. The van der Waals surface area contributed by atoms with Gasteiger partial charge in [-0.2, -0.15) is 0 Å². The number of carboxylic acids is 1. The molecular formula is C13H15NO4. The molecule has 5 nitrogen and oxygen atoms in total. The van der Waals surface area contributed by atoms with E-state index in [1.54, 1.807) is 24.0 Å². The molecular weight excluding hydrogens is 234 g/mol. The Morgan fingerprint density at radius 3 is 2.61 bits per heavy atom. The van der Waals surface area contributed by atoms with E-state index in [-0.39, 0.29) is 24.0 Å². The predicted octanol–water partition coefficient (Wildman–Crippen LogP) is 1.25. The first-order chi connectivity index (χ1) is 8.47. The number of hydrogen-bond acceptors (Lipinski definition) is 3. The van der Waals surface area contributed by atoms with Crippen LogP contribution in [-0.2, 0) is 4.79 Å². The Morgan fingerprint density at radius 1 is 1.39 bits per heavy atom. The van der Waals surface area contributed by atoms with Crippen molar-refractivity contribution in [3.05, 3.63) is 29.3 Å². The van der Waals surface area contributed by atoms with Gasteiger partial charge < -0.3 is 15.1 Å². The summed E-state index contributed by atoms with van der Waals surface area (Å²) in [7, 11) is 0. The summed E-state index contributed by atoms with van der Waals surface area (Å²) in [5.74, 6) is -0.712. The van der Waals surface area contributed by atoms with Gasteiger partial charge in [0.25, 0.3) is 5.91 Å². The molecule has 2 rings (SSSR count). The van der Waals surface area contributed by atoms with E-state index in [0.29, 0.717) is 24.2 Å². The highest BCUT2D eigenvalue weighted by molar-refractivity contribution is 5.95. The van der Waals surface area contributed by atoms with Gasteiger partial charge in [-0.15, -0.1) is 0 Å². The van der Waals surface area contributed by atoms with E-state index in [9.17, 15) is 14.7 Å². The van der Waals surface area contributed by atoms with Gasteiger partial charge in [-0.3, -0.25) is 9.59 Å². The van der Waals surface area contributed by atoms with Crippen LogP contribution in [0.15, 0.2) is 18.2 Å². The lowest BCUT2D eigenvalue weighted by Gasteiger charge is -2.38. The molecule has 1 amide bonds. The maximum atomic E-state index is 12.0. The largest absolute Gasteiger partial charge is 0.508 e. The fourth-order valence-corrected chi connectivity index (χ4v) is 2.08. The van der Waals surface area contributed by atoms with Crippen LogP contribution >= 0.6 is 0 Å². The summed E-state index contributed by atoms with van der Waals surface area (Å²) >= 11 is 0. The zero-order chi connectivity index (χ0) is 13.3. The van der Waals surface area contributed by atoms with E-state index < -0.39 is 5.97 Å². The Labute approximate surface area is 105 Å². The Bertz CT molecular complexity index is 492. The molecule has 1 aromatic carbocycles. The minimum absolute atomic E-state index is 0.0599. The second kappa shape index (κ2) is 4.68. The van der Waals surface area contributed by atoms with Crippen LogP contribution in [0.3, 0.4) is 0 Å². The molecule has 96 valence electrons. The quantitative estimate of drug-likeness (QED) is 0.845. The molecule has 1 saturated heterocycles. The number of carbonyl (C=O) groups excluding carboxylic acids is 1. The van der Waals surface area contributed by atoms with Crippen molar-refractivity contribution in [3.63, 3.8) is 0 Å². The smallest absolute Gasteiger partial charge is 0.303 e. The number of aryl methyl sites for hydroxylation is 1. The van der Waals surface area contributed by atoms with Crippen LogP contribution in [0.5, 0.6) is 5.75 Å². The number of benzene rings is 1. The molecule has 5 heteroatoms. The standard InChI is InChI=1S/C13H15NO4/c1-8-4-10(2-3-11(8)15)13(18)14-6-9(7-14)5-12(16)17/h2-4,9,15H,5-7H2,1H3,(H,16,17). The van der Waals surface area contributed by atoms with Crippen LogP contribution in [0.25, 0.3) is 0 Å². The SMILES string of the molecule is Cc1cc(C(=O)N2CC(CC(=O)O)C2)ccc1O. The van der Waals surface area contributed by atoms with Crippen LogP contribution in [0, 0.1) is 12.8 Å². The van der Waals surface area contributed by atoms with E-state index in [4.69, 9.17) is 5.11 Å². The molecule has 18 heavy (non-hydrogen) atoms. The Morgan fingerprint density at radius 2 is 2.06 bits per heavy atom. The molecule has 1 aromatic rings. The van der Waals surface area contributed by atoms with Gasteiger partial charge in [-0.25, -0.2) is 0 Å². The first kappa shape index (κ1) is 12.4. The number of aromatic hydroxyl groups is 1. The van der Waals surface area contributed by atoms with E-state index in [0.717, 1.165) is 0 Å². The highest BCUT2D eigenvalue weighted by atomic mass is 16.4. The molecule has 0 spiro atoms. The molecule has 2 N–H and O–H groups in total. The molecule has 0 unspecified atom stereocenters. The average Bonchev–Trinajstić information content (AvgIpc) is 2.25. The second-order valence-electron chi connectivity index (χ2n) is 4.68. The monoisotopic (exact) mass is 249 g/mol. The van der Waals surface area contributed by atoms with Gasteiger partial charge >= 0.3 is 5.97 Å². The van der Waals surface area contributed by atoms with Crippen LogP contribution < -0.4 is 0 Å². The lowest BCUT2D eigenvalue weighted by atomic mass is 9.95. The molecule has 0 atom stereocenters. The molecule has 0 radical (unpaired) electrons. The van der Waals surface area contributed by atoms with Crippen molar-refractivity contribution in [2.45, 2.75) is 13.3 Å². The van der Waals surface area contributed by atoms with Gasteiger partial charge in [0, 0.05) is 24.6 Å². The van der Waals surface area contributed by atoms with Crippen molar-refractivity contribution in [1.82, 2.24) is 4.90 Å². The number of aliphatic carboxylic acids is 1. The summed E-state index contributed by atoms with van der Waals surface area (Å²) in [6.45, 7) is 2.71. The van der Waals surface area contributed by atoms with Crippen LogP contribution in [0.4, 0.5) is 0 Å². The van der Waals surface area contributed by atoms with Crippen molar-refractivity contribution in [1.29, 1.82) is 0 Å². The van der Waals surface area contributed by atoms with Gasteiger partial charge in [0.15, 0.2) is 0 Å². The van der Waals surface area contributed by atoms with Crippen molar-refractivity contribution >= 4 is 11.9 Å². The minimum Gasteiger partial charge on any atom is -0.508 e. The van der Waals surface area contributed by atoms with Crippen LogP contribution in [0.2, 0.25) is 0 Å². The summed E-state index contributed by atoms with van der Waals surface area (Å²) in [6, 6.07) is 4.72. The van der Waals surface area contributed by atoms with Crippen molar-refractivity contribution in [3.8, 4) is 5.75 Å². The number of rotatable bonds is 3. The van der Waals surface area contributed by atoms with Crippen molar-refractivity contribution in [2.24, 2.45) is 5.92 Å². The first-order valence-corrected chi connectivity index (χ1v) is 5.78. The number of carbonyl (C=O) groups is 2. The third-order valence-corrected chi connectivity index (χ3v) is 3.15. The number of nitrogens with zero attached hydrogens (tertiary/aromatic N) is 1. The van der Waals surface area contributed by atoms with E-state index in [1.165, 1.54) is 6.07 Å². The fourth-order valence-electron chi connectivity index (χ4n) is 2.08. The fraction of sp³-hybridized carbons (Fsp3) is 0.385. The van der Waals surface area contributed by atoms with Gasteiger partial charge in [-0.1, -0.05) is 0 Å². The number of carboxylic acid groups (broad SMARTS) is 1. The molecule has 0 saturated carbocycles. The normalized spacial score (nSPS) is 15.3. The Hall–Kier alpha value is -2.04. The Kier molecular flexibility index (Phi) is 3.23. The predicted molar refractivity (Wildman–Crippen MR) is 64.5 cm³/mol. The highest BCUT2D eigenvalue weighted by Gasteiger charge is 2.32. The van der Waals surface area contributed by atoms with E-state index in [2.05, 4.69) is 0 Å². The van der Waals surface area contributed by atoms with Crippen molar-refractivity contribution in [2.75, 3.05) is 13.1 Å². The van der Waals surface area contributed by atoms with Crippen LogP contribution in [-0.4, -0.2) is 40.1 Å². The lowest BCUT2D eigenvalue weighted by molar-refractivity contribution is -0.139. The zero-order valence-electron chi connectivity index (χ0n) is 10.1. The van der Waals surface area contributed by atoms with Gasteiger partial charge in [-0.05, 0) is 30.7 Å². The van der Waals surface area contributed by atoms with Gasteiger partial charge in [0.05, 0.1) is 6.42 Å². The summed E-state index contributed by atoms with van der Waals surface area (Å²) in [4.78, 5) is 24.1. The minimum atomic E-state index is -0.826. The van der Waals surface area contributed by atoms with E-state index in [1.807, 2.05) is 0 Å².